The van der Waals surface area contributed by atoms with E-state index in [0.29, 0.717) is 24.6 Å². The third-order valence-electron chi connectivity index (χ3n) is 5.30. The Hall–Kier alpha value is -2.74. The lowest BCUT2D eigenvalue weighted by atomic mass is 10.00. The number of piperidine rings is 1. The maximum absolute atomic E-state index is 14.6. The average Bonchev–Trinajstić information content (AvgIpc) is 2.76. The molecule has 3 rings (SSSR count). The number of hydrogen-bond donors (Lipinski definition) is 2. The van der Waals surface area contributed by atoms with Crippen LogP contribution in [0.2, 0.25) is 0 Å². The van der Waals surface area contributed by atoms with Crippen LogP contribution in [0.1, 0.15) is 31.4 Å². The van der Waals surface area contributed by atoms with Crippen LogP contribution in [0.4, 0.5) is 18.0 Å². The van der Waals surface area contributed by atoms with Gasteiger partial charge in [-0.2, -0.15) is 0 Å². The van der Waals surface area contributed by atoms with Crippen LogP contribution in [0.25, 0.3) is 0 Å². The minimum absolute atomic E-state index is 0.0334. The van der Waals surface area contributed by atoms with Crippen molar-refractivity contribution in [1.82, 2.24) is 15.5 Å². The van der Waals surface area contributed by atoms with E-state index in [1.165, 1.54) is 24.3 Å². The molecule has 174 valence electrons. The van der Waals surface area contributed by atoms with Crippen molar-refractivity contribution in [2.24, 2.45) is 5.92 Å². The lowest BCUT2D eigenvalue weighted by Gasteiger charge is -2.40. The van der Waals surface area contributed by atoms with E-state index in [0.717, 1.165) is 16.2 Å². The molecule has 8 heteroatoms. The lowest BCUT2D eigenvalue weighted by molar-refractivity contribution is -0.0852. The van der Waals surface area contributed by atoms with Gasteiger partial charge in [0.2, 0.25) is 0 Å². The number of amides is 2. The van der Waals surface area contributed by atoms with Crippen LogP contribution in [0.3, 0.4) is 0 Å². The highest BCUT2D eigenvalue weighted by atomic mass is 19.3. The van der Waals surface area contributed by atoms with Crippen molar-refractivity contribution in [3.8, 4) is 5.75 Å². The minimum atomic E-state index is -3.06. The second-order valence-corrected chi connectivity index (χ2v) is 8.50. The second kappa shape index (κ2) is 10.7. The third kappa shape index (κ3) is 6.63. The number of halogens is 3. The standard InChI is InChI=1S/C24H30F3N3O2/c1-17(2)15-32-21-9-5-18(6-10-21)13-29-23(31)30(14-19-3-7-20(25)8-4-19)22-11-12-28-16-24(22,26)27/h3-10,17,22,28H,11-16H2,1-2H3,(H,29,31)/t22-/m1/s1. The molecular weight excluding hydrogens is 419 g/mol. The molecule has 1 heterocycles. The molecule has 1 saturated heterocycles. The highest BCUT2D eigenvalue weighted by Crippen LogP contribution is 2.29. The molecule has 0 spiro atoms. The predicted molar refractivity (Wildman–Crippen MR) is 117 cm³/mol. The largest absolute Gasteiger partial charge is 0.493 e. The summed E-state index contributed by atoms with van der Waals surface area (Å²) in [6, 6.07) is 11.0. The van der Waals surface area contributed by atoms with E-state index in [4.69, 9.17) is 4.74 Å². The van der Waals surface area contributed by atoms with Crippen molar-refractivity contribution < 1.29 is 22.7 Å². The molecule has 1 atom stereocenters. The van der Waals surface area contributed by atoms with Gasteiger partial charge in [0.25, 0.3) is 5.92 Å². The van der Waals surface area contributed by atoms with Crippen molar-refractivity contribution >= 4 is 6.03 Å². The SMILES string of the molecule is CC(C)COc1ccc(CNC(=O)N(Cc2ccc(F)cc2)[C@@H]2CCNCC2(F)F)cc1. The van der Waals surface area contributed by atoms with Gasteiger partial charge in [-0.15, -0.1) is 0 Å². The summed E-state index contributed by atoms with van der Waals surface area (Å²) in [6.07, 6.45) is 0.128. The number of carbonyl (C=O) groups is 1. The molecule has 0 aromatic heterocycles. The number of rotatable bonds is 8. The predicted octanol–water partition coefficient (Wildman–Crippen LogP) is 4.57. The van der Waals surface area contributed by atoms with E-state index >= 15 is 0 Å². The zero-order valence-corrected chi connectivity index (χ0v) is 18.4. The molecule has 1 aliphatic rings. The summed E-state index contributed by atoms with van der Waals surface area (Å²) in [7, 11) is 0. The van der Waals surface area contributed by atoms with Gasteiger partial charge in [-0.3, -0.25) is 0 Å². The maximum Gasteiger partial charge on any atom is 0.318 e. The van der Waals surface area contributed by atoms with Gasteiger partial charge in [-0.1, -0.05) is 38.1 Å². The van der Waals surface area contributed by atoms with Crippen molar-refractivity contribution in [2.75, 3.05) is 19.7 Å². The summed E-state index contributed by atoms with van der Waals surface area (Å²) in [5.41, 5.74) is 1.41. The molecule has 0 unspecified atom stereocenters. The Morgan fingerprint density at radius 3 is 2.44 bits per heavy atom. The summed E-state index contributed by atoms with van der Waals surface area (Å²) in [4.78, 5) is 14.1. The zero-order chi connectivity index (χ0) is 23.1. The topological polar surface area (TPSA) is 53.6 Å². The summed E-state index contributed by atoms with van der Waals surface area (Å²) < 4.78 is 48.2. The Labute approximate surface area is 186 Å². The van der Waals surface area contributed by atoms with Crippen LogP contribution in [0.5, 0.6) is 5.75 Å². The van der Waals surface area contributed by atoms with Crippen LogP contribution in [0.15, 0.2) is 48.5 Å². The number of ether oxygens (including phenoxy) is 1. The fourth-order valence-corrected chi connectivity index (χ4v) is 3.56. The van der Waals surface area contributed by atoms with Crippen LogP contribution < -0.4 is 15.4 Å². The fourth-order valence-electron chi connectivity index (χ4n) is 3.56. The maximum atomic E-state index is 14.6. The molecule has 0 radical (unpaired) electrons. The van der Waals surface area contributed by atoms with Crippen molar-refractivity contribution in [3.63, 3.8) is 0 Å². The molecule has 0 bridgehead atoms. The Bertz CT molecular complexity index is 873. The number of nitrogens with one attached hydrogen (secondary N) is 2. The van der Waals surface area contributed by atoms with Gasteiger partial charge >= 0.3 is 6.03 Å². The van der Waals surface area contributed by atoms with Gasteiger partial charge in [0.15, 0.2) is 0 Å². The number of carbonyl (C=O) groups excluding carboxylic acids is 1. The number of nitrogens with zero attached hydrogens (tertiary/aromatic N) is 1. The molecule has 1 aliphatic heterocycles. The van der Waals surface area contributed by atoms with Gasteiger partial charge in [-0.25, -0.2) is 18.0 Å². The number of urea groups is 1. The molecule has 0 saturated carbocycles. The van der Waals surface area contributed by atoms with E-state index in [2.05, 4.69) is 24.5 Å². The van der Waals surface area contributed by atoms with Crippen LogP contribution in [-0.2, 0) is 13.1 Å². The second-order valence-electron chi connectivity index (χ2n) is 8.50. The van der Waals surface area contributed by atoms with Gasteiger partial charge in [0.1, 0.15) is 11.6 Å². The Kier molecular flexibility index (Phi) is 8.01. The molecular formula is C24H30F3N3O2. The van der Waals surface area contributed by atoms with E-state index in [1.54, 1.807) is 0 Å². The van der Waals surface area contributed by atoms with Crippen molar-refractivity contribution in [3.05, 3.63) is 65.5 Å². The molecule has 2 amide bonds. The molecule has 2 aromatic carbocycles. The summed E-state index contributed by atoms with van der Waals surface area (Å²) in [6.45, 7) is 4.81. The first-order chi connectivity index (χ1) is 15.2. The van der Waals surface area contributed by atoms with E-state index in [-0.39, 0.29) is 19.5 Å². The van der Waals surface area contributed by atoms with Gasteiger partial charge in [0.05, 0.1) is 19.2 Å². The monoisotopic (exact) mass is 449 g/mol. The summed E-state index contributed by atoms with van der Waals surface area (Å²) in [5.74, 6) is -2.33. The Morgan fingerprint density at radius 1 is 1.16 bits per heavy atom. The smallest absolute Gasteiger partial charge is 0.318 e. The van der Waals surface area contributed by atoms with Crippen molar-refractivity contribution in [1.29, 1.82) is 0 Å². The van der Waals surface area contributed by atoms with Gasteiger partial charge < -0.3 is 20.3 Å². The Balaban J connectivity index is 1.68. The summed E-state index contributed by atoms with van der Waals surface area (Å²) >= 11 is 0. The minimum Gasteiger partial charge on any atom is -0.493 e. The fraction of sp³-hybridized carbons (Fsp3) is 0.458. The van der Waals surface area contributed by atoms with E-state index in [9.17, 15) is 18.0 Å². The third-order valence-corrected chi connectivity index (χ3v) is 5.30. The first kappa shape index (κ1) is 23.9. The Morgan fingerprint density at radius 2 is 1.81 bits per heavy atom. The van der Waals surface area contributed by atoms with Crippen LogP contribution >= 0.6 is 0 Å². The molecule has 32 heavy (non-hydrogen) atoms. The molecule has 2 aromatic rings. The summed E-state index contributed by atoms with van der Waals surface area (Å²) in [5, 5.41) is 5.43. The van der Waals surface area contributed by atoms with Gasteiger partial charge in [0, 0.05) is 13.1 Å². The van der Waals surface area contributed by atoms with Crippen molar-refractivity contribution in [2.45, 2.75) is 45.3 Å². The molecule has 2 N–H and O–H groups in total. The van der Waals surface area contributed by atoms with E-state index in [1.807, 2.05) is 24.3 Å². The number of hydrogen-bond acceptors (Lipinski definition) is 3. The highest BCUT2D eigenvalue weighted by Gasteiger charge is 2.46. The first-order valence-electron chi connectivity index (χ1n) is 10.8. The quantitative estimate of drug-likeness (QED) is 0.621. The van der Waals surface area contributed by atoms with Gasteiger partial charge in [-0.05, 0) is 54.3 Å². The van der Waals surface area contributed by atoms with Crippen LogP contribution in [-0.4, -0.2) is 42.6 Å². The zero-order valence-electron chi connectivity index (χ0n) is 18.4. The molecule has 5 nitrogen and oxygen atoms in total. The normalized spacial score (nSPS) is 17.8. The van der Waals surface area contributed by atoms with E-state index < -0.39 is 30.4 Å². The highest BCUT2D eigenvalue weighted by molar-refractivity contribution is 5.74. The number of alkyl halides is 2. The van der Waals surface area contributed by atoms with Crippen LogP contribution in [0, 0.1) is 11.7 Å². The number of benzene rings is 2. The average molecular weight is 450 g/mol. The lowest BCUT2D eigenvalue weighted by Crippen LogP contribution is -2.60. The first-order valence-corrected chi connectivity index (χ1v) is 10.8. The molecule has 0 aliphatic carbocycles. The molecule has 1 fully saturated rings.